The minimum absolute atomic E-state index is 0.0829. The summed E-state index contributed by atoms with van der Waals surface area (Å²) in [5.41, 5.74) is 6.65. The van der Waals surface area contributed by atoms with Gasteiger partial charge in [0.25, 0.3) is 0 Å². The van der Waals surface area contributed by atoms with Crippen molar-refractivity contribution in [1.82, 2.24) is 0 Å². The number of nitriles is 2. The van der Waals surface area contributed by atoms with Gasteiger partial charge in [-0.15, -0.1) is 0 Å². The van der Waals surface area contributed by atoms with Crippen molar-refractivity contribution in [3.63, 3.8) is 0 Å². The van der Waals surface area contributed by atoms with Crippen LogP contribution in [0.1, 0.15) is 10.4 Å². The van der Waals surface area contributed by atoms with Crippen LogP contribution in [0, 0.1) is 28.5 Å². The van der Waals surface area contributed by atoms with Crippen LogP contribution in [0.25, 0.3) is 0 Å². The number of rotatable bonds is 3. The van der Waals surface area contributed by atoms with Gasteiger partial charge in [0.1, 0.15) is 18.0 Å². The Bertz CT molecular complexity index is 551. The van der Waals surface area contributed by atoms with E-state index in [1.165, 1.54) is 18.2 Å². The lowest BCUT2D eigenvalue weighted by atomic mass is 10.2. The van der Waals surface area contributed by atoms with Gasteiger partial charge < -0.3 is 5.73 Å². The first-order valence-electron chi connectivity index (χ1n) is 4.31. The highest BCUT2D eigenvalue weighted by molar-refractivity contribution is 6.10. The van der Waals surface area contributed by atoms with Gasteiger partial charge in [-0.05, 0) is 18.2 Å². The van der Waals surface area contributed by atoms with E-state index >= 15 is 0 Å². The second-order valence-electron chi connectivity index (χ2n) is 2.85. The normalized spacial score (nSPS) is 8.65. The number of benzene rings is 1. The number of hydrogen-bond donors (Lipinski definition) is 2. The highest BCUT2D eigenvalue weighted by Gasteiger charge is 2.06. The fourth-order valence-electron chi connectivity index (χ4n) is 0.955. The molecule has 0 aromatic heterocycles. The molecule has 0 saturated carbocycles. The summed E-state index contributed by atoms with van der Waals surface area (Å²) < 4.78 is 13.2. The van der Waals surface area contributed by atoms with Crippen LogP contribution in [0.15, 0.2) is 23.3 Å². The van der Waals surface area contributed by atoms with Crippen LogP contribution in [-0.4, -0.2) is 11.6 Å². The first-order valence-corrected chi connectivity index (χ1v) is 4.31. The molecule has 1 rings (SSSR count). The van der Waals surface area contributed by atoms with Crippen LogP contribution >= 0.6 is 0 Å². The number of carbonyl (C=O) groups excluding carboxylic acids is 1. The minimum Gasteiger partial charge on any atom is -0.366 e. The van der Waals surface area contributed by atoms with Gasteiger partial charge in [-0.25, -0.2) is 4.39 Å². The standard InChI is InChI=1S/C10H6FN5O/c11-8-2-1-6(10(14)17)3-9(8)16-15-7(4-12)5-13/h1-3,16H,(H2,14,17). The van der Waals surface area contributed by atoms with Gasteiger partial charge in [0.05, 0.1) is 5.69 Å². The van der Waals surface area contributed by atoms with Crippen molar-refractivity contribution in [2.45, 2.75) is 0 Å². The average molecular weight is 231 g/mol. The van der Waals surface area contributed by atoms with Gasteiger partial charge in [0, 0.05) is 5.56 Å². The Labute approximate surface area is 95.8 Å². The molecule has 0 spiro atoms. The summed E-state index contributed by atoms with van der Waals surface area (Å²) in [5, 5.41) is 20.2. The fourth-order valence-corrected chi connectivity index (χ4v) is 0.955. The van der Waals surface area contributed by atoms with E-state index in [1.54, 1.807) is 0 Å². The average Bonchev–Trinajstić information content (AvgIpc) is 2.32. The molecule has 1 amide bonds. The summed E-state index contributed by atoms with van der Waals surface area (Å²) in [7, 11) is 0. The number of hydrogen-bond acceptors (Lipinski definition) is 5. The zero-order valence-corrected chi connectivity index (χ0v) is 8.44. The molecule has 6 nitrogen and oxygen atoms in total. The molecule has 1 aromatic carbocycles. The topological polar surface area (TPSA) is 115 Å². The number of nitrogens with one attached hydrogen (secondary N) is 1. The van der Waals surface area contributed by atoms with Crippen LogP contribution in [0.2, 0.25) is 0 Å². The Morgan fingerprint density at radius 3 is 2.59 bits per heavy atom. The second-order valence-corrected chi connectivity index (χ2v) is 2.85. The molecule has 7 heteroatoms. The Morgan fingerprint density at radius 1 is 1.41 bits per heavy atom. The number of amides is 1. The summed E-state index contributed by atoms with van der Waals surface area (Å²) in [5.74, 6) is -1.41. The molecule has 0 fully saturated rings. The van der Waals surface area contributed by atoms with Crippen molar-refractivity contribution in [1.29, 1.82) is 10.5 Å². The lowest BCUT2D eigenvalue weighted by Crippen LogP contribution is -2.11. The number of halogens is 1. The highest BCUT2D eigenvalue weighted by Crippen LogP contribution is 2.15. The smallest absolute Gasteiger partial charge is 0.248 e. The van der Waals surface area contributed by atoms with Crippen molar-refractivity contribution >= 4 is 17.3 Å². The third kappa shape index (κ3) is 3.01. The quantitative estimate of drug-likeness (QED) is 0.589. The Hall–Kier alpha value is -2.93. The van der Waals surface area contributed by atoms with Crippen LogP contribution < -0.4 is 11.2 Å². The molecule has 0 aliphatic carbocycles. The largest absolute Gasteiger partial charge is 0.366 e. The van der Waals surface area contributed by atoms with E-state index in [0.29, 0.717) is 0 Å². The van der Waals surface area contributed by atoms with Crippen LogP contribution in [0.4, 0.5) is 10.1 Å². The Kier molecular flexibility index (Phi) is 3.74. The maximum atomic E-state index is 13.2. The molecule has 0 unspecified atom stereocenters. The van der Waals surface area contributed by atoms with E-state index in [1.807, 2.05) is 0 Å². The summed E-state index contributed by atoms with van der Waals surface area (Å²) >= 11 is 0. The molecule has 0 bridgehead atoms. The van der Waals surface area contributed by atoms with E-state index in [0.717, 1.165) is 12.1 Å². The number of carbonyl (C=O) groups is 1. The molecule has 0 heterocycles. The van der Waals surface area contributed by atoms with Crippen molar-refractivity contribution in [2.75, 3.05) is 5.43 Å². The maximum Gasteiger partial charge on any atom is 0.248 e. The Morgan fingerprint density at radius 2 is 2.06 bits per heavy atom. The van der Waals surface area contributed by atoms with Gasteiger partial charge in [-0.3, -0.25) is 10.2 Å². The molecule has 84 valence electrons. The molecule has 17 heavy (non-hydrogen) atoms. The summed E-state index contributed by atoms with van der Waals surface area (Å²) in [6, 6.07) is 6.35. The third-order valence-corrected chi connectivity index (χ3v) is 1.75. The molecule has 0 atom stereocenters. The molecule has 0 saturated heterocycles. The molecular weight excluding hydrogens is 225 g/mol. The van der Waals surface area contributed by atoms with E-state index in [4.69, 9.17) is 16.3 Å². The number of hydrazone groups is 1. The van der Waals surface area contributed by atoms with E-state index in [2.05, 4.69) is 10.5 Å². The first-order chi connectivity index (χ1) is 8.08. The third-order valence-electron chi connectivity index (χ3n) is 1.75. The summed E-state index contributed by atoms with van der Waals surface area (Å²) in [6.07, 6.45) is 0. The first kappa shape index (κ1) is 12.1. The fraction of sp³-hybridized carbons (Fsp3) is 0. The summed E-state index contributed by atoms with van der Waals surface area (Å²) in [6.45, 7) is 0. The molecular formula is C10H6FN5O. The number of nitrogens with two attached hydrogens (primary N) is 1. The summed E-state index contributed by atoms with van der Waals surface area (Å²) in [4.78, 5) is 10.8. The highest BCUT2D eigenvalue weighted by atomic mass is 19.1. The molecule has 0 aliphatic rings. The van der Waals surface area contributed by atoms with Gasteiger partial charge in [0.15, 0.2) is 0 Å². The zero-order valence-electron chi connectivity index (χ0n) is 8.44. The number of primary amides is 1. The SMILES string of the molecule is N#CC(C#N)=NNc1cc(C(N)=O)ccc1F. The van der Waals surface area contributed by atoms with Gasteiger partial charge in [0.2, 0.25) is 11.6 Å². The van der Waals surface area contributed by atoms with Crippen molar-refractivity contribution < 1.29 is 9.18 Å². The van der Waals surface area contributed by atoms with Crippen molar-refractivity contribution in [3.8, 4) is 12.1 Å². The van der Waals surface area contributed by atoms with Gasteiger partial charge in [-0.2, -0.15) is 15.6 Å². The maximum absolute atomic E-state index is 13.2. The predicted molar refractivity (Wildman–Crippen MR) is 57.2 cm³/mol. The molecule has 1 aromatic rings. The lowest BCUT2D eigenvalue weighted by Gasteiger charge is -2.03. The molecule has 0 aliphatic heterocycles. The van der Waals surface area contributed by atoms with Gasteiger partial charge in [-0.1, -0.05) is 0 Å². The predicted octanol–water partition coefficient (Wildman–Crippen LogP) is 0.740. The van der Waals surface area contributed by atoms with E-state index in [9.17, 15) is 9.18 Å². The van der Waals surface area contributed by atoms with Gasteiger partial charge >= 0.3 is 0 Å². The minimum atomic E-state index is -0.724. The van der Waals surface area contributed by atoms with Crippen LogP contribution in [0.3, 0.4) is 0 Å². The lowest BCUT2D eigenvalue weighted by molar-refractivity contribution is 0.100. The van der Waals surface area contributed by atoms with Crippen LogP contribution in [-0.2, 0) is 0 Å². The number of nitrogens with zero attached hydrogens (tertiary/aromatic N) is 3. The monoisotopic (exact) mass is 231 g/mol. The zero-order chi connectivity index (χ0) is 12.8. The number of anilines is 1. The van der Waals surface area contributed by atoms with Crippen LogP contribution in [0.5, 0.6) is 0 Å². The van der Waals surface area contributed by atoms with E-state index in [-0.39, 0.29) is 11.3 Å². The second kappa shape index (κ2) is 5.24. The Balaban J connectivity index is 3.04. The van der Waals surface area contributed by atoms with E-state index < -0.39 is 17.4 Å². The van der Waals surface area contributed by atoms with Crippen molar-refractivity contribution in [3.05, 3.63) is 29.6 Å². The molecule has 0 radical (unpaired) electrons. The van der Waals surface area contributed by atoms with Crippen molar-refractivity contribution in [2.24, 2.45) is 10.8 Å². The molecule has 3 N–H and O–H groups in total.